The monoisotopic (exact) mass is 222 g/mol. The number of nitrogens with one attached hydrogen (secondary N) is 2. The number of aromatic amines is 2. The summed E-state index contributed by atoms with van der Waals surface area (Å²) in [7, 11) is 0. The van der Waals surface area contributed by atoms with Gasteiger partial charge in [0.15, 0.2) is 0 Å². The van der Waals surface area contributed by atoms with Gasteiger partial charge in [0, 0.05) is 34.6 Å². The van der Waals surface area contributed by atoms with E-state index in [2.05, 4.69) is 21.0 Å². The predicted molar refractivity (Wildman–Crippen MR) is 65.2 cm³/mol. The van der Waals surface area contributed by atoms with Crippen LogP contribution in [0.1, 0.15) is 5.69 Å². The highest BCUT2D eigenvalue weighted by Crippen LogP contribution is 2.26. The number of hydrogen-bond acceptors (Lipinski definition) is 2. The van der Waals surface area contributed by atoms with Crippen molar-refractivity contribution in [2.45, 2.75) is 6.42 Å². The van der Waals surface area contributed by atoms with Crippen LogP contribution in [0.5, 0.6) is 0 Å². The highest BCUT2D eigenvalue weighted by Gasteiger charge is 2.08. The molecule has 0 spiro atoms. The van der Waals surface area contributed by atoms with E-state index >= 15 is 0 Å². The van der Waals surface area contributed by atoms with Gasteiger partial charge in [-0.05, 0) is 6.07 Å². The number of nitrogens with zero attached hydrogens (tertiary/aromatic N) is 2. The van der Waals surface area contributed by atoms with Crippen molar-refractivity contribution in [1.29, 1.82) is 5.26 Å². The molecule has 1 aromatic carbocycles. The van der Waals surface area contributed by atoms with Crippen LogP contribution in [0.25, 0.3) is 22.3 Å². The average Bonchev–Trinajstić information content (AvgIpc) is 2.95. The van der Waals surface area contributed by atoms with Crippen LogP contribution in [0.3, 0.4) is 0 Å². The average molecular weight is 222 g/mol. The molecule has 82 valence electrons. The topological polar surface area (TPSA) is 68.3 Å². The van der Waals surface area contributed by atoms with Crippen LogP contribution in [0.4, 0.5) is 0 Å². The number of imidazole rings is 1. The fourth-order valence-electron chi connectivity index (χ4n) is 1.94. The first kappa shape index (κ1) is 9.67. The van der Waals surface area contributed by atoms with Crippen molar-refractivity contribution < 1.29 is 0 Å². The second-order valence-corrected chi connectivity index (χ2v) is 3.84. The summed E-state index contributed by atoms with van der Waals surface area (Å²) in [5.74, 6) is 0.799. The molecule has 0 radical (unpaired) electrons. The number of rotatable bonds is 2. The molecule has 2 aromatic heterocycles. The van der Waals surface area contributed by atoms with Crippen LogP contribution in [0.2, 0.25) is 0 Å². The van der Waals surface area contributed by atoms with Gasteiger partial charge >= 0.3 is 0 Å². The second-order valence-electron chi connectivity index (χ2n) is 3.84. The molecule has 0 amide bonds. The molecule has 3 rings (SSSR count). The van der Waals surface area contributed by atoms with Gasteiger partial charge in [0.05, 0.1) is 12.5 Å². The van der Waals surface area contributed by atoms with E-state index < -0.39 is 0 Å². The van der Waals surface area contributed by atoms with Crippen molar-refractivity contribution in [1.82, 2.24) is 15.0 Å². The van der Waals surface area contributed by atoms with Crippen LogP contribution in [0.15, 0.2) is 36.7 Å². The Kier molecular flexibility index (Phi) is 2.16. The normalized spacial score (nSPS) is 10.5. The fraction of sp³-hybridized carbons (Fsp3) is 0.0769. The molecule has 0 saturated carbocycles. The summed E-state index contributed by atoms with van der Waals surface area (Å²) in [4.78, 5) is 10.7. The summed E-state index contributed by atoms with van der Waals surface area (Å²) in [6, 6.07) is 10.2. The maximum atomic E-state index is 8.63. The zero-order chi connectivity index (χ0) is 11.7. The molecule has 17 heavy (non-hydrogen) atoms. The Balaban J connectivity index is 2.11. The van der Waals surface area contributed by atoms with Crippen molar-refractivity contribution in [2.75, 3.05) is 0 Å². The van der Waals surface area contributed by atoms with Crippen LogP contribution >= 0.6 is 0 Å². The number of para-hydroxylation sites is 1. The Bertz CT molecular complexity index is 699. The van der Waals surface area contributed by atoms with Crippen molar-refractivity contribution in [3.05, 3.63) is 42.4 Å². The number of fused-ring (bicyclic) bond motifs is 1. The van der Waals surface area contributed by atoms with E-state index in [1.165, 1.54) is 0 Å². The minimum Gasteiger partial charge on any atom is -0.360 e. The van der Waals surface area contributed by atoms with Crippen molar-refractivity contribution >= 4 is 10.9 Å². The Morgan fingerprint density at radius 1 is 1.29 bits per heavy atom. The molecule has 4 heteroatoms. The van der Waals surface area contributed by atoms with Gasteiger partial charge in [-0.1, -0.05) is 18.2 Å². The predicted octanol–water partition coefficient (Wildman–Crippen LogP) is 2.62. The third-order valence-corrected chi connectivity index (χ3v) is 2.74. The third kappa shape index (κ3) is 1.58. The maximum absolute atomic E-state index is 8.63. The van der Waals surface area contributed by atoms with Gasteiger partial charge in [-0.15, -0.1) is 0 Å². The van der Waals surface area contributed by atoms with E-state index in [-0.39, 0.29) is 0 Å². The third-order valence-electron chi connectivity index (χ3n) is 2.74. The van der Waals surface area contributed by atoms with E-state index in [1.54, 1.807) is 6.20 Å². The summed E-state index contributed by atoms with van der Waals surface area (Å²) >= 11 is 0. The zero-order valence-corrected chi connectivity index (χ0v) is 9.07. The Hall–Kier alpha value is -2.54. The molecule has 0 aliphatic heterocycles. The molecule has 0 saturated heterocycles. The summed E-state index contributed by atoms with van der Waals surface area (Å²) in [5.41, 5.74) is 2.96. The number of H-pyrrole nitrogens is 2. The van der Waals surface area contributed by atoms with E-state index in [4.69, 9.17) is 5.26 Å². The lowest BCUT2D eigenvalue weighted by atomic mass is 10.2. The van der Waals surface area contributed by atoms with Crippen molar-refractivity contribution in [3.63, 3.8) is 0 Å². The highest BCUT2D eigenvalue weighted by molar-refractivity contribution is 5.93. The minimum absolute atomic E-state index is 0.357. The van der Waals surface area contributed by atoms with Crippen molar-refractivity contribution in [3.8, 4) is 17.5 Å². The maximum Gasteiger partial charge on any atom is 0.139 e. The molecule has 0 aliphatic rings. The summed E-state index contributed by atoms with van der Waals surface area (Å²) in [5, 5.41) is 9.76. The number of benzene rings is 1. The Morgan fingerprint density at radius 2 is 2.18 bits per heavy atom. The van der Waals surface area contributed by atoms with Gasteiger partial charge in [-0.2, -0.15) is 5.26 Å². The van der Waals surface area contributed by atoms with Crippen molar-refractivity contribution in [2.24, 2.45) is 0 Å². The standard InChI is InChI=1S/C13H10N4/c14-6-5-9-7-16-13(17-9)11-8-15-12-4-2-1-3-10(11)12/h1-4,7-8,15H,5H2,(H,16,17). The molecule has 0 unspecified atom stereocenters. The van der Waals surface area contributed by atoms with Crippen LogP contribution < -0.4 is 0 Å². The van der Waals surface area contributed by atoms with Gasteiger partial charge in [0.25, 0.3) is 0 Å². The summed E-state index contributed by atoms with van der Waals surface area (Å²) in [6.07, 6.45) is 4.00. The molecule has 4 nitrogen and oxygen atoms in total. The lowest BCUT2D eigenvalue weighted by Gasteiger charge is -1.93. The first-order valence-electron chi connectivity index (χ1n) is 5.36. The first-order chi connectivity index (χ1) is 8.38. The molecule has 2 N–H and O–H groups in total. The molecule has 0 bridgehead atoms. The lowest BCUT2D eigenvalue weighted by Crippen LogP contribution is -1.81. The molecular weight excluding hydrogens is 212 g/mol. The summed E-state index contributed by atoms with van der Waals surface area (Å²) < 4.78 is 0. The van der Waals surface area contributed by atoms with Crippen LogP contribution in [0, 0.1) is 11.3 Å². The number of hydrogen-bond donors (Lipinski definition) is 2. The number of nitriles is 1. The minimum atomic E-state index is 0.357. The van der Waals surface area contributed by atoms with Gasteiger partial charge in [-0.25, -0.2) is 4.98 Å². The van der Waals surface area contributed by atoms with E-state index in [0.717, 1.165) is 28.0 Å². The first-order valence-corrected chi connectivity index (χ1v) is 5.36. The zero-order valence-electron chi connectivity index (χ0n) is 9.07. The van der Waals surface area contributed by atoms with Crippen LogP contribution in [-0.4, -0.2) is 15.0 Å². The van der Waals surface area contributed by atoms with Crippen LogP contribution in [-0.2, 0) is 6.42 Å². The van der Waals surface area contributed by atoms with Gasteiger partial charge in [0.2, 0.25) is 0 Å². The lowest BCUT2D eigenvalue weighted by molar-refractivity contribution is 1.16. The molecule has 0 fully saturated rings. The molecular formula is C13H10N4. The largest absolute Gasteiger partial charge is 0.360 e. The Labute approximate surface area is 97.9 Å². The molecule has 2 heterocycles. The highest BCUT2D eigenvalue weighted by atomic mass is 14.9. The summed E-state index contributed by atoms with van der Waals surface area (Å²) in [6.45, 7) is 0. The Morgan fingerprint density at radius 3 is 3.06 bits per heavy atom. The number of aromatic nitrogens is 3. The van der Waals surface area contributed by atoms with E-state index in [9.17, 15) is 0 Å². The second kappa shape index (κ2) is 3.80. The quantitative estimate of drug-likeness (QED) is 0.699. The van der Waals surface area contributed by atoms with Gasteiger partial charge < -0.3 is 9.97 Å². The van der Waals surface area contributed by atoms with Gasteiger partial charge in [0.1, 0.15) is 5.82 Å². The molecule has 0 aliphatic carbocycles. The molecule has 0 atom stereocenters. The van der Waals surface area contributed by atoms with Gasteiger partial charge in [-0.3, -0.25) is 0 Å². The van der Waals surface area contributed by atoms with E-state index in [1.807, 2.05) is 30.5 Å². The SMILES string of the molecule is N#CCc1cnc(-c2c[nH]c3ccccc23)[nH]1. The fourth-order valence-corrected chi connectivity index (χ4v) is 1.94. The van der Waals surface area contributed by atoms with E-state index in [0.29, 0.717) is 6.42 Å². The molecule has 3 aromatic rings. The smallest absolute Gasteiger partial charge is 0.139 e.